The van der Waals surface area contributed by atoms with Gasteiger partial charge in [-0.05, 0) is 47.0 Å². The van der Waals surface area contributed by atoms with Crippen LogP contribution in [0.5, 0.6) is 5.75 Å². The lowest BCUT2D eigenvalue weighted by Gasteiger charge is -2.09. The fourth-order valence-corrected chi connectivity index (χ4v) is 2.73. The van der Waals surface area contributed by atoms with Crippen molar-refractivity contribution in [1.82, 2.24) is 5.32 Å². The quantitative estimate of drug-likeness (QED) is 0.688. The number of benzene rings is 3. The van der Waals surface area contributed by atoms with Gasteiger partial charge in [0.25, 0.3) is 0 Å². The van der Waals surface area contributed by atoms with Crippen LogP contribution in [0.4, 0.5) is 0 Å². The average molecular weight is 291 g/mol. The van der Waals surface area contributed by atoms with E-state index in [1.807, 2.05) is 12.1 Å². The fraction of sp³-hybridized carbons (Fsp3) is 0.200. The third-order valence-corrected chi connectivity index (χ3v) is 3.92. The third-order valence-electron chi connectivity index (χ3n) is 3.92. The Bertz CT molecular complexity index is 746. The van der Waals surface area contributed by atoms with Crippen LogP contribution in [0.3, 0.4) is 0 Å². The van der Waals surface area contributed by atoms with Crippen LogP contribution in [-0.4, -0.2) is 13.7 Å². The first-order valence-electron chi connectivity index (χ1n) is 7.67. The summed E-state index contributed by atoms with van der Waals surface area (Å²) in [5, 5.41) is 6.17. The van der Waals surface area contributed by atoms with Gasteiger partial charge in [0.05, 0.1) is 7.11 Å². The second kappa shape index (κ2) is 7.10. The summed E-state index contributed by atoms with van der Waals surface area (Å²) in [4.78, 5) is 0. The molecule has 2 heteroatoms. The standard InChI is InChI=1S/C20H21NO/c1-22-19-10-4-6-16(14-19)12-13-21-15-18-9-5-8-17-7-2-3-11-20(17)18/h2-11,14,21H,12-13,15H2,1H3. The minimum atomic E-state index is 0.894. The molecule has 0 bridgehead atoms. The summed E-state index contributed by atoms with van der Waals surface area (Å²) >= 11 is 0. The maximum atomic E-state index is 5.26. The summed E-state index contributed by atoms with van der Waals surface area (Å²) in [5.41, 5.74) is 2.65. The molecule has 0 aliphatic heterocycles. The van der Waals surface area contributed by atoms with E-state index in [0.29, 0.717) is 0 Å². The van der Waals surface area contributed by atoms with Gasteiger partial charge in [-0.3, -0.25) is 0 Å². The highest BCUT2D eigenvalue weighted by Crippen LogP contribution is 2.18. The Morgan fingerprint density at radius 1 is 0.909 bits per heavy atom. The Labute approximate surface area is 131 Å². The molecule has 0 saturated carbocycles. The number of rotatable bonds is 6. The lowest BCUT2D eigenvalue weighted by Crippen LogP contribution is -2.16. The Morgan fingerprint density at radius 2 is 1.73 bits per heavy atom. The van der Waals surface area contributed by atoms with Crippen molar-refractivity contribution in [2.45, 2.75) is 13.0 Å². The summed E-state index contributed by atoms with van der Waals surface area (Å²) in [6.07, 6.45) is 1.00. The van der Waals surface area contributed by atoms with E-state index >= 15 is 0 Å². The van der Waals surface area contributed by atoms with Crippen molar-refractivity contribution in [2.24, 2.45) is 0 Å². The van der Waals surface area contributed by atoms with Gasteiger partial charge in [0.15, 0.2) is 0 Å². The molecule has 1 N–H and O–H groups in total. The monoisotopic (exact) mass is 291 g/mol. The van der Waals surface area contributed by atoms with Crippen LogP contribution in [0.1, 0.15) is 11.1 Å². The molecule has 0 radical (unpaired) electrons. The van der Waals surface area contributed by atoms with Crippen molar-refractivity contribution in [3.8, 4) is 5.75 Å². The van der Waals surface area contributed by atoms with Gasteiger partial charge >= 0.3 is 0 Å². The molecule has 3 aromatic rings. The topological polar surface area (TPSA) is 21.3 Å². The molecule has 0 aromatic heterocycles. The zero-order chi connectivity index (χ0) is 15.2. The van der Waals surface area contributed by atoms with Crippen LogP contribution in [0.2, 0.25) is 0 Å². The predicted octanol–water partition coefficient (Wildman–Crippen LogP) is 4.18. The Morgan fingerprint density at radius 3 is 2.64 bits per heavy atom. The van der Waals surface area contributed by atoms with Crippen molar-refractivity contribution < 1.29 is 4.74 Å². The molecule has 22 heavy (non-hydrogen) atoms. The highest BCUT2D eigenvalue weighted by molar-refractivity contribution is 5.85. The fourth-order valence-electron chi connectivity index (χ4n) is 2.73. The molecule has 0 spiro atoms. The van der Waals surface area contributed by atoms with Crippen molar-refractivity contribution in [3.63, 3.8) is 0 Å². The highest BCUT2D eigenvalue weighted by Gasteiger charge is 2.00. The number of hydrogen-bond donors (Lipinski definition) is 1. The largest absolute Gasteiger partial charge is 0.497 e. The molecule has 0 saturated heterocycles. The number of methoxy groups -OCH3 is 1. The molecular weight excluding hydrogens is 270 g/mol. The van der Waals surface area contributed by atoms with Gasteiger partial charge in [-0.1, -0.05) is 54.6 Å². The van der Waals surface area contributed by atoms with Gasteiger partial charge in [-0.25, -0.2) is 0 Å². The van der Waals surface area contributed by atoms with Gasteiger partial charge < -0.3 is 10.1 Å². The molecule has 0 unspecified atom stereocenters. The molecule has 0 aliphatic rings. The summed E-state index contributed by atoms with van der Waals surface area (Å²) in [6.45, 7) is 1.85. The lowest BCUT2D eigenvalue weighted by atomic mass is 10.0. The molecule has 112 valence electrons. The molecule has 0 fully saturated rings. The van der Waals surface area contributed by atoms with E-state index < -0.39 is 0 Å². The van der Waals surface area contributed by atoms with E-state index in [1.54, 1.807) is 7.11 Å². The minimum absolute atomic E-state index is 0.894. The van der Waals surface area contributed by atoms with E-state index in [0.717, 1.165) is 25.3 Å². The number of nitrogens with one attached hydrogen (secondary N) is 1. The zero-order valence-corrected chi connectivity index (χ0v) is 12.9. The van der Waals surface area contributed by atoms with Crippen LogP contribution in [-0.2, 0) is 13.0 Å². The number of ether oxygens (including phenoxy) is 1. The van der Waals surface area contributed by atoms with Crippen LogP contribution < -0.4 is 10.1 Å². The lowest BCUT2D eigenvalue weighted by molar-refractivity contribution is 0.414. The second-order valence-electron chi connectivity index (χ2n) is 5.42. The first-order chi connectivity index (χ1) is 10.9. The molecule has 0 atom stereocenters. The minimum Gasteiger partial charge on any atom is -0.497 e. The van der Waals surface area contributed by atoms with E-state index in [1.165, 1.54) is 21.9 Å². The maximum absolute atomic E-state index is 5.26. The summed E-state index contributed by atoms with van der Waals surface area (Å²) in [7, 11) is 1.71. The van der Waals surface area contributed by atoms with E-state index in [-0.39, 0.29) is 0 Å². The second-order valence-corrected chi connectivity index (χ2v) is 5.42. The molecular formula is C20H21NO. The average Bonchev–Trinajstić information content (AvgIpc) is 2.59. The van der Waals surface area contributed by atoms with Crippen LogP contribution in [0, 0.1) is 0 Å². The van der Waals surface area contributed by atoms with E-state index in [4.69, 9.17) is 4.74 Å². The first kappa shape index (κ1) is 14.6. The molecule has 3 rings (SSSR count). The molecule has 3 aromatic carbocycles. The zero-order valence-electron chi connectivity index (χ0n) is 12.9. The van der Waals surface area contributed by atoms with Gasteiger partial charge in [-0.2, -0.15) is 0 Å². The Hall–Kier alpha value is -2.32. The third kappa shape index (κ3) is 3.46. The summed E-state index contributed by atoms with van der Waals surface area (Å²) in [6, 6.07) is 23.3. The molecule has 2 nitrogen and oxygen atoms in total. The highest BCUT2D eigenvalue weighted by atomic mass is 16.5. The predicted molar refractivity (Wildman–Crippen MR) is 92.4 cm³/mol. The normalized spacial score (nSPS) is 10.8. The van der Waals surface area contributed by atoms with Crippen LogP contribution in [0.15, 0.2) is 66.7 Å². The maximum Gasteiger partial charge on any atom is 0.119 e. The van der Waals surface area contributed by atoms with E-state index in [9.17, 15) is 0 Å². The van der Waals surface area contributed by atoms with Crippen molar-refractivity contribution in [3.05, 3.63) is 77.9 Å². The van der Waals surface area contributed by atoms with Crippen molar-refractivity contribution in [1.29, 1.82) is 0 Å². The van der Waals surface area contributed by atoms with Gasteiger partial charge in [0, 0.05) is 6.54 Å². The molecule has 0 aliphatic carbocycles. The van der Waals surface area contributed by atoms with Crippen LogP contribution >= 0.6 is 0 Å². The number of hydrogen-bond acceptors (Lipinski definition) is 2. The smallest absolute Gasteiger partial charge is 0.119 e. The molecule has 0 amide bonds. The van der Waals surface area contributed by atoms with Crippen molar-refractivity contribution in [2.75, 3.05) is 13.7 Å². The Kier molecular flexibility index (Phi) is 4.71. The summed E-state index contributed by atoms with van der Waals surface area (Å²) < 4.78 is 5.26. The van der Waals surface area contributed by atoms with E-state index in [2.05, 4.69) is 59.9 Å². The first-order valence-corrected chi connectivity index (χ1v) is 7.67. The summed E-state index contributed by atoms with van der Waals surface area (Å²) in [5.74, 6) is 0.923. The number of fused-ring (bicyclic) bond motifs is 1. The van der Waals surface area contributed by atoms with Gasteiger partial charge in [0.1, 0.15) is 5.75 Å². The van der Waals surface area contributed by atoms with Crippen LogP contribution in [0.25, 0.3) is 10.8 Å². The van der Waals surface area contributed by atoms with Crippen molar-refractivity contribution >= 4 is 10.8 Å². The molecule has 0 heterocycles. The van der Waals surface area contributed by atoms with Gasteiger partial charge in [-0.15, -0.1) is 0 Å². The Balaban J connectivity index is 1.58. The SMILES string of the molecule is COc1cccc(CCNCc2cccc3ccccc23)c1. The van der Waals surface area contributed by atoms with Gasteiger partial charge in [0.2, 0.25) is 0 Å².